The molecule has 2 N–H and O–H groups in total. The number of anilines is 2. The molecule has 204 valence electrons. The van der Waals surface area contributed by atoms with E-state index >= 15 is 0 Å². The quantitative estimate of drug-likeness (QED) is 0.462. The van der Waals surface area contributed by atoms with Crippen molar-refractivity contribution in [2.45, 2.75) is 64.0 Å². The number of aryl methyl sites for hydroxylation is 1. The number of pyridine rings is 2. The van der Waals surface area contributed by atoms with Crippen LogP contribution in [0.2, 0.25) is 0 Å². The van der Waals surface area contributed by atoms with Crippen molar-refractivity contribution in [3.63, 3.8) is 0 Å². The standard InChI is InChI=1S/C18H19N5O.C12H16FNO/c1-22(13-6-4-3-5-7-13)17-14(11-20)18(24)23(2)15-9-8-12(10-19)21-16(15)17;13-11-4-5-12(10(6-11)8-15)14-7-9-2-1-3-9/h8-9,13H,3-7H2,1-2H3;4-6,9,14-15H,1-3,7-8H2. The lowest BCUT2D eigenvalue weighted by molar-refractivity contribution is 0.281. The van der Waals surface area contributed by atoms with Crippen LogP contribution in [0.4, 0.5) is 15.8 Å². The fourth-order valence-electron chi connectivity index (χ4n) is 5.37. The minimum Gasteiger partial charge on any atom is -0.392 e. The van der Waals surface area contributed by atoms with Crippen molar-refractivity contribution < 1.29 is 9.50 Å². The number of hydrogen-bond donors (Lipinski definition) is 2. The Balaban J connectivity index is 0.000000202. The number of rotatable bonds is 6. The zero-order chi connectivity index (χ0) is 27.9. The number of fused-ring (bicyclic) bond motifs is 1. The molecule has 0 amide bonds. The van der Waals surface area contributed by atoms with Gasteiger partial charge in [0, 0.05) is 37.9 Å². The highest BCUT2D eigenvalue weighted by Crippen LogP contribution is 2.32. The third kappa shape index (κ3) is 6.21. The molecule has 2 heterocycles. The second-order valence-electron chi connectivity index (χ2n) is 10.4. The van der Waals surface area contributed by atoms with Gasteiger partial charge in [-0.25, -0.2) is 9.37 Å². The molecular weight excluding hydrogens is 495 g/mol. The first-order chi connectivity index (χ1) is 18.9. The Morgan fingerprint density at radius 3 is 2.46 bits per heavy atom. The molecule has 3 aromatic rings. The monoisotopic (exact) mass is 530 g/mol. The van der Waals surface area contributed by atoms with Gasteiger partial charge < -0.3 is 19.9 Å². The third-order valence-corrected chi connectivity index (χ3v) is 7.96. The maximum absolute atomic E-state index is 12.9. The second kappa shape index (κ2) is 12.7. The van der Waals surface area contributed by atoms with E-state index in [2.05, 4.69) is 16.4 Å². The molecule has 0 unspecified atom stereocenters. The summed E-state index contributed by atoms with van der Waals surface area (Å²) in [5, 5.41) is 31.1. The van der Waals surface area contributed by atoms with Gasteiger partial charge in [0.15, 0.2) is 0 Å². The molecule has 2 aromatic heterocycles. The molecule has 0 spiro atoms. The summed E-state index contributed by atoms with van der Waals surface area (Å²) in [7, 11) is 3.55. The Kier molecular flexibility index (Phi) is 9.16. The molecule has 2 saturated carbocycles. The lowest BCUT2D eigenvalue weighted by Crippen LogP contribution is -2.36. The van der Waals surface area contributed by atoms with E-state index in [1.165, 1.54) is 42.4 Å². The fraction of sp³-hybridized carbons (Fsp3) is 0.467. The van der Waals surface area contributed by atoms with Gasteiger partial charge in [-0.05, 0) is 61.9 Å². The molecule has 8 nitrogen and oxygen atoms in total. The molecule has 2 aliphatic carbocycles. The highest BCUT2D eigenvalue weighted by Gasteiger charge is 2.26. The zero-order valence-electron chi connectivity index (χ0n) is 22.6. The number of aliphatic hydroxyl groups is 1. The van der Waals surface area contributed by atoms with Gasteiger partial charge in [-0.3, -0.25) is 4.79 Å². The first-order valence-corrected chi connectivity index (χ1v) is 13.6. The smallest absolute Gasteiger partial charge is 0.270 e. The first-order valence-electron chi connectivity index (χ1n) is 13.6. The molecule has 0 radical (unpaired) electrons. The highest BCUT2D eigenvalue weighted by atomic mass is 19.1. The number of hydrogen-bond acceptors (Lipinski definition) is 7. The average Bonchev–Trinajstić information content (AvgIpc) is 2.94. The maximum Gasteiger partial charge on any atom is 0.270 e. The predicted octanol–water partition coefficient (Wildman–Crippen LogP) is 4.98. The number of aromatic nitrogens is 2. The Morgan fingerprint density at radius 2 is 1.85 bits per heavy atom. The lowest BCUT2D eigenvalue weighted by Gasteiger charge is -2.33. The van der Waals surface area contributed by atoms with Gasteiger partial charge in [-0.15, -0.1) is 0 Å². The molecule has 1 aromatic carbocycles. The van der Waals surface area contributed by atoms with Crippen molar-refractivity contribution in [3.05, 3.63) is 63.3 Å². The average molecular weight is 531 g/mol. The summed E-state index contributed by atoms with van der Waals surface area (Å²) in [5.41, 5.74) is 3.27. The second-order valence-corrected chi connectivity index (χ2v) is 10.4. The van der Waals surface area contributed by atoms with Crippen LogP contribution in [0.3, 0.4) is 0 Å². The molecule has 0 saturated heterocycles. The molecule has 0 atom stereocenters. The molecule has 9 heteroatoms. The number of aliphatic hydroxyl groups excluding tert-OH is 1. The number of benzene rings is 1. The van der Waals surface area contributed by atoms with Gasteiger partial charge in [-0.1, -0.05) is 25.7 Å². The molecular formula is C30H35FN6O2. The maximum atomic E-state index is 12.9. The van der Waals surface area contributed by atoms with Gasteiger partial charge in [0.1, 0.15) is 34.7 Å². The molecule has 5 rings (SSSR count). The molecule has 0 aliphatic heterocycles. The summed E-state index contributed by atoms with van der Waals surface area (Å²) in [4.78, 5) is 19.0. The molecule has 2 fully saturated rings. The normalized spacial score (nSPS) is 15.4. The van der Waals surface area contributed by atoms with Crippen LogP contribution in [0, 0.1) is 34.4 Å². The summed E-state index contributed by atoms with van der Waals surface area (Å²) in [6, 6.07) is 12.2. The molecule has 2 aliphatic rings. The van der Waals surface area contributed by atoms with Crippen molar-refractivity contribution in [1.29, 1.82) is 10.5 Å². The minimum absolute atomic E-state index is 0.0978. The number of halogens is 1. The summed E-state index contributed by atoms with van der Waals surface area (Å²) < 4.78 is 14.3. The van der Waals surface area contributed by atoms with Crippen molar-refractivity contribution in [1.82, 2.24) is 9.55 Å². The first kappa shape index (κ1) is 28.1. The topological polar surface area (TPSA) is 118 Å². The van der Waals surface area contributed by atoms with Gasteiger partial charge in [0.25, 0.3) is 5.56 Å². The summed E-state index contributed by atoms with van der Waals surface area (Å²) in [6.07, 6.45) is 9.48. The Bertz CT molecular complexity index is 1460. The molecule has 39 heavy (non-hydrogen) atoms. The number of nitriles is 2. The lowest BCUT2D eigenvalue weighted by atomic mass is 9.85. The van der Waals surface area contributed by atoms with E-state index in [1.807, 2.05) is 18.0 Å². The van der Waals surface area contributed by atoms with E-state index in [1.54, 1.807) is 25.2 Å². The summed E-state index contributed by atoms with van der Waals surface area (Å²) in [5.74, 6) is 0.454. The molecule has 0 bridgehead atoms. The van der Waals surface area contributed by atoms with Crippen LogP contribution in [0.5, 0.6) is 0 Å². The largest absolute Gasteiger partial charge is 0.392 e. The fourth-order valence-corrected chi connectivity index (χ4v) is 5.37. The highest BCUT2D eigenvalue weighted by molar-refractivity contribution is 5.92. The Labute approximate surface area is 228 Å². The Hall–Kier alpha value is -3.95. The van der Waals surface area contributed by atoms with E-state index in [4.69, 9.17) is 10.4 Å². The van der Waals surface area contributed by atoms with Crippen molar-refractivity contribution >= 4 is 22.4 Å². The van der Waals surface area contributed by atoms with Crippen LogP contribution in [-0.4, -0.2) is 34.3 Å². The van der Waals surface area contributed by atoms with Gasteiger partial charge >= 0.3 is 0 Å². The van der Waals surface area contributed by atoms with Crippen molar-refractivity contribution in [2.24, 2.45) is 13.0 Å². The summed E-state index contributed by atoms with van der Waals surface area (Å²) in [6.45, 7) is 0.809. The van der Waals surface area contributed by atoms with E-state index in [-0.39, 0.29) is 35.3 Å². The van der Waals surface area contributed by atoms with E-state index in [9.17, 15) is 14.4 Å². The van der Waals surface area contributed by atoms with Crippen LogP contribution in [0.25, 0.3) is 11.0 Å². The summed E-state index contributed by atoms with van der Waals surface area (Å²) >= 11 is 0. The zero-order valence-corrected chi connectivity index (χ0v) is 22.6. The number of nitrogens with one attached hydrogen (secondary N) is 1. The van der Waals surface area contributed by atoms with E-state index < -0.39 is 0 Å². The minimum atomic E-state index is -0.325. The van der Waals surface area contributed by atoms with Gasteiger partial charge in [-0.2, -0.15) is 10.5 Å². The van der Waals surface area contributed by atoms with Crippen LogP contribution < -0.4 is 15.8 Å². The van der Waals surface area contributed by atoms with Crippen molar-refractivity contribution in [3.8, 4) is 12.1 Å². The van der Waals surface area contributed by atoms with Crippen LogP contribution in [0.1, 0.15) is 68.2 Å². The van der Waals surface area contributed by atoms with Crippen LogP contribution >= 0.6 is 0 Å². The van der Waals surface area contributed by atoms with Gasteiger partial charge in [0.05, 0.1) is 17.8 Å². The van der Waals surface area contributed by atoms with Crippen LogP contribution in [0.15, 0.2) is 35.1 Å². The van der Waals surface area contributed by atoms with E-state index in [0.29, 0.717) is 22.3 Å². The van der Waals surface area contributed by atoms with Gasteiger partial charge in [0.2, 0.25) is 0 Å². The third-order valence-electron chi connectivity index (χ3n) is 7.96. The van der Waals surface area contributed by atoms with Crippen molar-refractivity contribution in [2.75, 3.05) is 23.8 Å². The Morgan fingerprint density at radius 1 is 1.10 bits per heavy atom. The predicted molar refractivity (Wildman–Crippen MR) is 150 cm³/mol. The van der Waals surface area contributed by atoms with Crippen LogP contribution in [-0.2, 0) is 13.7 Å². The SMILES string of the molecule is CN(c1c(C#N)c(=O)n(C)c2ccc(C#N)nc12)C1CCCCC1.OCc1cc(F)ccc1NCC1CCC1. The number of nitrogens with zero attached hydrogens (tertiary/aromatic N) is 5. The van der Waals surface area contributed by atoms with E-state index in [0.717, 1.165) is 43.8 Å².